The van der Waals surface area contributed by atoms with Crippen LogP contribution in [-0.2, 0) is 17.6 Å². The molecule has 6 nitrogen and oxygen atoms in total. The molecule has 3 aromatic rings. The highest BCUT2D eigenvalue weighted by molar-refractivity contribution is 6.00. The monoisotopic (exact) mass is 466 g/mol. The summed E-state index contributed by atoms with van der Waals surface area (Å²) < 4.78 is 29.0. The Morgan fingerprint density at radius 1 is 0.941 bits per heavy atom. The third-order valence-electron chi connectivity index (χ3n) is 5.79. The summed E-state index contributed by atoms with van der Waals surface area (Å²) in [4.78, 5) is 23.3. The van der Waals surface area contributed by atoms with Crippen molar-refractivity contribution in [3.05, 3.63) is 77.9 Å². The van der Waals surface area contributed by atoms with Gasteiger partial charge in [-0.15, -0.1) is 0 Å². The Kier molecular flexibility index (Phi) is 7.06. The zero-order valence-corrected chi connectivity index (χ0v) is 18.3. The number of hydrogen-bond acceptors (Lipinski definition) is 3. The Hall–Kier alpha value is -3.94. The Bertz CT molecular complexity index is 1180. The van der Waals surface area contributed by atoms with E-state index in [0.29, 0.717) is 11.4 Å². The van der Waals surface area contributed by atoms with Crippen LogP contribution in [-0.4, -0.2) is 23.7 Å². The second-order valence-electron chi connectivity index (χ2n) is 8.25. The molecule has 0 aliphatic heterocycles. The number of aliphatic carboxylic acids is 1. The molecule has 0 fully saturated rings. The number of carboxylic acids is 1. The summed E-state index contributed by atoms with van der Waals surface area (Å²) in [5, 5.41) is 14.3. The van der Waals surface area contributed by atoms with E-state index in [9.17, 15) is 18.4 Å². The first-order valence-corrected chi connectivity index (χ1v) is 10.9. The molecule has 3 N–H and O–H groups in total. The van der Waals surface area contributed by atoms with Gasteiger partial charge in [0.25, 0.3) is 0 Å². The number of alkyl halides is 2. The number of carboxylic acid groups (broad SMARTS) is 1. The molecule has 34 heavy (non-hydrogen) atoms. The maximum atomic E-state index is 12.4. The fourth-order valence-electron chi connectivity index (χ4n) is 4.22. The van der Waals surface area contributed by atoms with Crippen LogP contribution in [0.3, 0.4) is 0 Å². The highest BCUT2D eigenvalue weighted by atomic mass is 19.3. The van der Waals surface area contributed by atoms with Gasteiger partial charge in [-0.2, -0.15) is 8.78 Å². The first-order chi connectivity index (χ1) is 16.4. The number of anilines is 2. The number of carbonyl (C=O) groups is 2. The number of urea groups is 1. The van der Waals surface area contributed by atoms with Crippen LogP contribution in [0.1, 0.15) is 24.0 Å². The van der Waals surface area contributed by atoms with Crippen LogP contribution in [0.15, 0.2) is 66.7 Å². The van der Waals surface area contributed by atoms with Gasteiger partial charge in [-0.25, -0.2) is 4.79 Å². The fraction of sp³-hybridized carbons (Fsp3) is 0.231. The molecular formula is C26H24F2N2O4. The van der Waals surface area contributed by atoms with Crippen molar-refractivity contribution in [1.29, 1.82) is 0 Å². The first-order valence-electron chi connectivity index (χ1n) is 10.9. The lowest BCUT2D eigenvalue weighted by Gasteiger charge is -2.24. The third kappa shape index (κ3) is 6.10. The van der Waals surface area contributed by atoms with Crippen LogP contribution in [0.5, 0.6) is 5.75 Å². The van der Waals surface area contributed by atoms with Crippen molar-refractivity contribution >= 4 is 23.4 Å². The number of aryl methyl sites for hydroxylation is 1. The molecule has 0 spiro atoms. The van der Waals surface area contributed by atoms with Crippen LogP contribution < -0.4 is 15.4 Å². The van der Waals surface area contributed by atoms with E-state index in [-0.39, 0.29) is 18.1 Å². The molecule has 0 saturated heterocycles. The lowest BCUT2D eigenvalue weighted by molar-refractivity contribution is -0.138. The van der Waals surface area contributed by atoms with Crippen molar-refractivity contribution in [2.45, 2.75) is 32.3 Å². The minimum absolute atomic E-state index is 0.0420. The third-order valence-corrected chi connectivity index (χ3v) is 5.79. The maximum absolute atomic E-state index is 12.4. The molecule has 1 aliphatic rings. The summed E-state index contributed by atoms with van der Waals surface area (Å²) >= 11 is 0. The van der Waals surface area contributed by atoms with E-state index < -0.39 is 18.6 Å². The number of carbonyl (C=O) groups excluding carboxylic acids is 1. The summed E-state index contributed by atoms with van der Waals surface area (Å²) in [6, 6.07) is 18.9. The van der Waals surface area contributed by atoms with Crippen LogP contribution in [0.2, 0.25) is 0 Å². The maximum Gasteiger partial charge on any atom is 0.387 e. The normalized spacial score (nSPS) is 14.9. The van der Waals surface area contributed by atoms with Crippen molar-refractivity contribution in [3.63, 3.8) is 0 Å². The first kappa shape index (κ1) is 23.2. The van der Waals surface area contributed by atoms with E-state index in [0.717, 1.165) is 30.4 Å². The van der Waals surface area contributed by atoms with Gasteiger partial charge in [0.2, 0.25) is 0 Å². The molecular weight excluding hydrogens is 442 g/mol. The minimum atomic E-state index is -2.94. The lowest BCUT2D eigenvalue weighted by atomic mass is 9.81. The Labute approximate surface area is 195 Å². The molecule has 8 heteroatoms. The predicted octanol–water partition coefficient (Wildman–Crippen LogP) is 6.18. The molecule has 2 amide bonds. The molecule has 1 aliphatic carbocycles. The molecule has 0 heterocycles. The van der Waals surface area contributed by atoms with Crippen molar-refractivity contribution < 1.29 is 28.2 Å². The van der Waals surface area contributed by atoms with E-state index >= 15 is 0 Å². The van der Waals surface area contributed by atoms with Gasteiger partial charge >= 0.3 is 18.6 Å². The Morgan fingerprint density at radius 3 is 2.41 bits per heavy atom. The van der Waals surface area contributed by atoms with Crippen molar-refractivity contribution in [3.8, 4) is 16.9 Å². The molecule has 0 radical (unpaired) electrons. The minimum Gasteiger partial charge on any atom is -0.481 e. The van der Waals surface area contributed by atoms with Gasteiger partial charge in [0, 0.05) is 23.9 Å². The number of fused-ring (bicyclic) bond motifs is 1. The van der Waals surface area contributed by atoms with Gasteiger partial charge in [-0.3, -0.25) is 4.79 Å². The quantitative estimate of drug-likeness (QED) is 0.388. The average Bonchev–Trinajstić information content (AvgIpc) is 2.78. The molecule has 0 aromatic heterocycles. The highest BCUT2D eigenvalue weighted by Crippen LogP contribution is 2.31. The zero-order chi connectivity index (χ0) is 24.1. The topological polar surface area (TPSA) is 87.7 Å². The van der Waals surface area contributed by atoms with Crippen LogP contribution in [0.25, 0.3) is 11.1 Å². The number of nitrogens with one attached hydrogen (secondary N) is 2. The SMILES string of the molecule is O=C(O)CC1CCc2cc(-c3ccc(NC(=O)Nc4cccc(OC(F)F)c4)cc3)ccc2C1. The van der Waals surface area contributed by atoms with Crippen molar-refractivity contribution in [2.24, 2.45) is 5.92 Å². The molecule has 0 bridgehead atoms. The number of ether oxygens (including phenoxy) is 1. The number of halogens is 2. The second kappa shape index (κ2) is 10.3. The summed E-state index contributed by atoms with van der Waals surface area (Å²) in [7, 11) is 0. The van der Waals surface area contributed by atoms with E-state index in [1.165, 1.54) is 29.3 Å². The second-order valence-corrected chi connectivity index (χ2v) is 8.25. The zero-order valence-electron chi connectivity index (χ0n) is 18.3. The molecule has 3 aromatic carbocycles. The predicted molar refractivity (Wildman–Crippen MR) is 125 cm³/mol. The highest BCUT2D eigenvalue weighted by Gasteiger charge is 2.21. The van der Waals surface area contributed by atoms with Gasteiger partial charge in [-0.05, 0) is 71.7 Å². The largest absolute Gasteiger partial charge is 0.481 e. The summed E-state index contributed by atoms with van der Waals surface area (Å²) in [5.74, 6) is -0.604. The van der Waals surface area contributed by atoms with E-state index in [1.807, 2.05) is 18.2 Å². The van der Waals surface area contributed by atoms with Gasteiger partial charge in [0.1, 0.15) is 5.75 Å². The summed E-state index contributed by atoms with van der Waals surface area (Å²) in [5.41, 5.74) is 5.42. The van der Waals surface area contributed by atoms with Crippen LogP contribution in [0.4, 0.5) is 25.0 Å². The molecule has 4 rings (SSSR count). The summed E-state index contributed by atoms with van der Waals surface area (Å²) in [6.07, 6.45) is 2.73. The van der Waals surface area contributed by atoms with E-state index in [4.69, 9.17) is 5.11 Å². The lowest BCUT2D eigenvalue weighted by Crippen LogP contribution is -2.19. The Balaban J connectivity index is 1.37. The summed E-state index contributed by atoms with van der Waals surface area (Å²) in [6.45, 7) is -2.94. The van der Waals surface area contributed by atoms with E-state index in [1.54, 1.807) is 18.2 Å². The number of amides is 2. The smallest absolute Gasteiger partial charge is 0.387 e. The number of rotatable bonds is 7. The van der Waals surface area contributed by atoms with E-state index in [2.05, 4.69) is 27.5 Å². The van der Waals surface area contributed by atoms with Crippen molar-refractivity contribution in [1.82, 2.24) is 0 Å². The van der Waals surface area contributed by atoms with Gasteiger partial charge in [0.15, 0.2) is 0 Å². The van der Waals surface area contributed by atoms with Crippen LogP contribution >= 0.6 is 0 Å². The molecule has 176 valence electrons. The molecule has 1 atom stereocenters. The average molecular weight is 466 g/mol. The van der Waals surface area contributed by atoms with Gasteiger partial charge < -0.3 is 20.5 Å². The molecule has 0 saturated carbocycles. The number of hydrogen-bond donors (Lipinski definition) is 3. The van der Waals surface area contributed by atoms with Crippen LogP contribution in [0, 0.1) is 5.92 Å². The fourth-order valence-corrected chi connectivity index (χ4v) is 4.22. The molecule has 1 unspecified atom stereocenters. The standard InChI is InChI=1S/C26H24F2N2O4/c27-25(28)34-23-3-1-2-22(15-23)30-26(33)29-21-10-8-17(9-11-21)19-7-6-18-12-16(13-24(31)32)4-5-20(18)14-19/h1-3,6-11,14-16,25H,4-5,12-13H2,(H,31,32)(H2,29,30,33). The van der Waals surface area contributed by atoms with Gasteiger partial charge in [0.05, 0.1) is 0 Å². The Morgan fingerprint density at radius 2 is 1.68 bits per heavy atom. The van der Waals surface area contributed by atoms with Gasteiger partial charge in [-0.1, -0.05) is 36.4 Å². The number of benzene rings is 3. The van der Waals surface area contributed by atoms with Crippen molar-refractivity contribution in [2.75, 3.05) is 10.6 Å².